The summed E-state index contributed by atoms with van der Waals surface area (Å²) in [4.78, 5) is 14.9. The summed E-state index contributed by atoms with van der Waals surface area (Å²) in [5.41, 5.74) is 2.15. The van der Waals surface area contributed by atoms with Crippen molar-refractivity contribution in [3.05, 3.63) is 48.5 Å². The largest absolute Gasteiger partial charge is 0.490 e. The molecule has 0 radical (unpaired) electrons. The first-order valence-electron chi connectivity index (χ1n) is 6.46. The van der Waals surface area contributed by atoms with Crippen molar-refractivity contribution < 1.29 is 23.1 Å². The third-order valence-corrected chi connectivity index (χ3v) is 3.83. The molecule has 0 aliphatic heterocycles. The number of benzene rings is 2. The Morgan fingerprint density at radius 2 is 1.39 bits per heavy atom. The number of pyridine rings is 1. The number of hydrogen-bond acceptors (Lipinski definition) is 3. The topological polar surface area (TPSA) is 50.2 Å². The monoisotopic (exact) mass is 339 g/mol. The highest BCUT2D eigenvalue weighted by Gasteiger charge is 2.38. The van der Waals surface area contributed by atoms with Crippen LogP contribution < -0.4 is 0 Å². The number of aliphatic carboxylic acids is 1. The first-order chi connectivity index (χ1) is 10.8. The highest BCUT2D eigenvalue weighted by atomic mass is 32.2. The van der Waals surface area contributed by atoms with E-state index in [1.807, 2.05) is 12.1 Å². The van der Waals surface area contributed by atoms with Gasteiger partial charge in [0.25, 0.3) is 0 Å². The SMILES string of the molecule is CSc1c2ccccc2nc2ccccc12.O=C(O)C(F)(F)F. The molecule has 3 nitrogen and oxygen atoms in total. The zero-order valence-corrected chi connectivity index (χ0v) is 12.8. The van der Waals surface area contributed by atoms with Crippen LogP contribution in [-0.2, 0) is 4.79 Å². The minimum absolute atomic E-state index is 1.07. The maximum Gasteiger partial charge on any atom is 0.490 e. The van der Waals surface area contributed by atoms with E-state index in [2.05, 4.69) is 47.6 Å². The van der Waals surface area contributed by atoms with Gasteiger partial charge in [-0.05, 0) is 18.4 Å². The average Bonchev–Trinajstić information content (AvgIpc) is 2.52. The molecule has 0 saturated heterocycles. The van der Waals surface area contributed by atoms with Crippen molar-refractivity contribution in [1.82, 2.24) is 4.98 Å². The van der Waals surface area contributed by atoms with Crippen molar-refractivity contribution in [1.29, 1.82) is 0 Å². The van der Waals surface area contributed by atoms with Gasteiger partial charge < -0.3 is 5.11 Å². The third-order valence-electron chi connectivity index (χ3n) is 2.98. The molecule has 1 N–H and O–H groups in total. The van der Waals surface area contributed by atoms with Gasteiger partial charge in [-0.2, -0.15) is 13.2 Å². The molecule has 0 amide bonds. The highest BCUT2D eigenvalue weighted by Crippen LogP contribution is 2.32. The second-order valence-corrected chi connectivity index (χ2v) is 5.30. The van der Waals surface area contributed by atoms with Crippen LogP contribution in [0.1, 0.15) is 0 Å². The summed E-state index contributed by atoms with van der Waals surface area (Å²) in [6, 6.07) is 16.6. The molecule has 0 unspecified atom stereocenters. The first-order valence-corrected chi connectivity index (χ1v) is 7.68. The van der Waals surface area contributed by atoms with Crippen molar-refractivity contribution in [2.45, 2.75) is 11.1 Å². The molecule has 3 aromatic rings. The molecule has 0 spiro atoms. The van der Waals surface area contributed by atoms with Gasteiger partial charge in [-0.25, -0.2) is 9.78 Å². The Morgan fingerprint density at radius 1 is 1.00 bits per heavy atom. The van der Waals surface area contributed by atoms with Crippen LogP contribution in [0.3, 0.4) is 0 Å². The predicted molar refractivity (Wildman–Crippen MR) is 84.7 cm³/mol. The lowest BCUT2D eigenvalue weighted by atomic mass is 10.1. The van der Waals surface area contributed by atoms with Gasteiger partial charge in [-0.1, -0.05) is 36.4 Å². The fourth-order valence-corrected chi connectivity index (χ4v) is 2.81. The Morgan fingerprint density at radius 3 is 1.74 bits per heavy atom. The van der Waals surface area contributed by atoms with Gasteiger partial charge >= 0.3 is 12.1 Å². The van der Waals surface area contributed by atoms with Gasteiger partial charge in [0.1, 0.15) is 0 Å². The maximum atomic E-state index is 10.6. The zero-order valence-electron chi connectivity index (χ0n) is 12.0. The number of aromatic nitrogens is 1. The number of nitrogens with zero attached hydrogens (tertiary/aromatic N) is 1. The molecule has 1 aromatic heterocycles. The van der Waals surface area contributed by atoms with Crippen molar-refractivity contribution >= 4 is 39.5 Å². The molecule has 0 atom stereocenters. The minimum Gasteiger partial charge on any atom is -0.475 e. The predicted octanol–water partition coefficient (Wildman–Crippen LogP) is 4.74. The lowest BCUT2D eigenvalue weighted by molar-refractivity contribution is -0.192. The summed E-state index contributed by atoms with van der Waals surface area (Å²) in [5.74, 6) is -2.76. The van der Waals surface area contributed by atoms with Crippen LogP contribution in [0.5, 0.6) is 0 Å². The Hall–Kier alpha value is -2.28. The van der Waals surface area contributed by atoms with Gasteiger partial charge in [0.05, 0.1) is 11.0 Å². The molecule has 1 heterocycles. The average molecular weight is 339 g/mol. The summed E-state index contributed by atoms with van der Waals surface area (Å²) in [6.07, 6.45) is -2.96. The van der Waals surface area contributed by atoms with E-state index in [-0.39, 0.29) is 0 Å². The van der Waals surface area contributed by atoms with Gasteiger partial charge in [0.15, 0.2) is 0 Å². The molecule has 3 rings (SSSR count). The summed E-state index contributed by atoms with van der Waals surface area (Å²) < 4.78 is 31.7. The van der Waals surface area contributed by atoms with Gasteiger partial charge in [0.2, 0.25) is 0 Å². The molecular weight excluding hydrogens is 327 g/mol. The van der Waals surface area contributed by atoms with Crippen molar-refractivity contribution in [3.63, 3.8) is 0 Å². The normalized spacial score (nSPS) is 11.1. The van der Waals surface area contributed by atoms with Gasteiger partial charge in [-0.15, -0.1) is 11.8 Å². The maximum absolute atomic E-state index is 10.6. The summed E-state index contributed by atoms with van der Waals surface area (Å²) in [6.45, 7) is 0. The number of halogens is 3. The molecule has 0 aliphatic rings. The summed E-state index contributed by atoms with van der Waals surface area (Å²) >= 11 is 1.79. The van der Waals surface area contributed by atoms with Crippen molar-refractivity contribution in [2.75, 3.05) is 6.26 Å². The lowest BCUT2D eigenvalue weighted by Crippen LogP contribution is -2.21. The lowest BCUT2D eigenvalue weighted by Gasteiger charge is -2.07. The highest BCUT2D eigenvalue weighted by molar-refractivity contribution is 7.99. The number of fused-ring (bicyclic) bond motifs is 2. The molecule has 0 bridgehead atoms. The minimum atomic E-state index is -5.08. The number of thioether (sulfide) groups is 1. The molecule has 7 heteroatoms. The number of carboxylic acid groups (broad SMARTS) is 1. The van der Waals surface area contributed by atoms with E-state index in [1.54, 1.807) is 11.8 Å². The molecule has 0 saturated carbocycles. The zero-order chi connectivity index (χ0) is 17.0. The van der Waals surface area contributed by atoms with Crippen LogP contribution in [0.2, 0.25) is 0 Å². The van der Waals surface area contributed by atoms with Gasteiger partial charge in [-0.3, -0.25) is 0 Å². The third kappa shape index (κ3) is 3.92. The fraction of sp³-hybridized carbons (Fsp3) is 0.125. The quantitative estimate of drug-likeness (QED) is 0.514. The Balaban J connectivity index is 0.000000236. The van der Waals surface area contributed by atoms with E-state index in [0.29, 0.717) is 0 Å². The van der Waals surface area contributed by atoms with Gasteiger partial charge in [0, 0.05) is 15.7 Å². The first kappa shape index (κ1) is 17.1. The Labute approximate surface area is 134 Å². The van der Waals surface area contributed by atoms with E-state index in [1.165, 1.54) is 15.7 Å². The number of para-hydroxylation sites is 2. The Kier molecular flexibility index (Phi) is 5.10. The van der Waals surface area contributed by atoms with Crippen molar-refractivity contribution in [3.8, 4) is 0 Å². The molecule has 0 aliphatic carbocycles. The van der Waals surface area contributed by atoms with Crippen LogP contribution >= 0.6 is 11.8 Å². The number of carbonyl (C=O) groups is 1. The molecular formula is C16H12F3NO2S. The van der Waals surface area contributed by atoms with Crippen LogP contribution in [0, 0.1) is 0 Å². The number of carboxylic acids is 1. The van der Waals surface area contributed by atoms with E-state index in [4.69, 9.17) is 9.90 Å². The number of alkyl halides is 3. The number of rotatable bonds is 1. The van der Waals surface area contributed by atoms with Crippen LogP contribution in [0.15, 0.2) is 53.4 Å². The Bertz CT molecular complexity index is 795. The van der Waals surface area contributed by atoms with E-state index >= 15 is 0 Å². The smallest absolute Gasteiger partial charge is 0.475 e. The van der Waals surface area contributed by atoms with E-state index in [0.717, 1.165) is 11.0 Å². The van der Waals surface area contributed by atoms with Crippen LogP contribution in [0.25, 0.3) is 21.8 Å². The second kappa shape index (κ2) is 6.87. The van der Waals surface area contributed by atoms with Crippen LogP contribution in [0.4, 0.5) is 13.2 Å². The molecule has 120 valence electrons. The summed E-state index contributed by atoms with van der Waals surface area (Å²) in [5, 5.41) is 9.61. The standard InChI is InChI=1S/C14H11NS.C2HF3O2/c1-16-14-10-6-2-4-8-12(10)15-13-9-5-3-7-11(13)14;3-2(4,5)1(6)7/h2-9H,1H3;(H,6,7). The summed E-state index contributed by atoms with van der Waals surface area (Å²) in [7, 11) is 0. The van der Waals surface area contributed by atoms with E-state index in [9.17, 15) is 13.2 Å². The molecule has 2 aromatic carbocycles. The van der Waals surface area contributed by atoms with Crippen molar-refractivity contribution in [2.24, 2.45) is 0 Å². The van der Waals surface area contributed by atoms with E-state index < -0.39 is 12.1 Å². The number of hydrogen-bond donors (Lipinski definition) is 1. The molecule has 23 heavy (non-hydrogen) atoms. The second-order valence-electron chi connectivity index (χ2n) is 4.48. The fourth-order valence-electron chi connectivity index (χ4n) is 2.02. The molecule has 0 fully saturated rings. The van der Waals surface area contributed by atoms with Crippen LogP contribution in [-0.4, -0.2) is 28.5 Å².